The minimum absolute atomic E-state index is 0.0465. The summed E-state index contributed by atoms with van der Waals surface area (Å²) in [5.74, 6) is 1.48. The van der Waals surface area contributed by atoms with Crippen LogP contribution in [-0.4, -0.2) is 21.8 Å². The van der Waals surface area contributed by atoms with Gasteiger partial charge in [-0.2, -0.15) is 0 Å². The molecule has 2 rings (SSSR count). The van der Waals surface area contributed by atoms with Gasteiger partial charge in [-0.1, -0.05) is 0 Å². The second-order valence-corrected chi connectivity index (χ2v) is 4.00. The molecule has 2 aromatic rings. The molecule has 0 amide bonds. The fourth-order valence-electron chi connectivity index (χ4n) is 1.94. The van der Waals surface area contributed by atoms with Crippen LogP contribution in [0, 0.1) is 0 Å². The lowest BCUT2D eigenvalue weighted by molar-refractivity contribution is 0.263. The van der Waals surface area contributed by atoms with Crippen LogP contribution in [0.1, 0.15) is 25.7 Å². The molecule has 0 aliphatic carbocycles. The summed E-state index contributed by atoms with van der Waals surface area (Å²) < 4.78 is 7.19. The maximum Gasteiger partial charge on any atom is 0.135 e. The smallest absolute Gasteiger partial charge is 0.135 e. The molecule has 1 aromatic carbocycles. The van der Waals surface area contributed by atoms with Crippen LogP contribution in [0.3, 0.4) is 0 Å². The lowest BCUT2D eigenvalue weighted by atomic mass is 10.2. The summed E-state index contributed by atoms with van der Waals surface area (Å²) in [4.78, 5) is 4.39. The van der Waals surface area contributed by atoms with Crippen LogP contribution in [0.15, 0.2) is 18.2 Å². The van der Waals surface area contributed by atoms with E-state index < -0.39 is 0 Å². The molecule has 0 saturated carbocycles. The summed E-state index contributed by atoms with van der Waals surface area (Å²) in [5, 5.41) is 9.28. The maximum atomic E-state index is 9.28. The number of fused-ring (bicyclic) bond motifs is 1. The van der Waals surface area contributed by atoms with Crippen LogP contribution in [0.5, 0.6) is 5.75 Å². The van der Waals surface area contributed by atoms with E-state index in [-0.39, 0.29) is 12.6 Å². The second kappa shape index (κ2) is 4.14. The van der Waals surface area contributed by atoms with Gasteiger partial charge in [0.1, 0.15) is 18.2 Å². The van der Waals surface area contributed by atoms with Gasteiger partial charge in [-0.25, -0.2) is 4.98 Å². The van der Waals surface area contributed by atoms with Crippen molar-refractivity contribution >= 4 is 11.0 Å². The summed E-state index contributed by atoms with van der Waals surface area (Å²) in [6.45, 7) is 4.10. The van der Waals surface area contributed by atoms with Crippen molar-refractivity contribution in [3.8, 4) is 5.75 Å². The second-order valence-electron chi connectivity index (χ2n) is 4.00. The minimum atomic E-state index is -0.0465. The van der Waals surface area contributed by atoms with E-state index in [1.54, 1.807) is 7.11 Å². The average molecular weight is 220 g/mol. The number of aliphatic hydroxyl groups is 1. The highest BCUT2D eigenvalue weighted by Crippen LogP contribution is 2.24. The van der Waals surface area contributed by atoms with Gasteiger partial charge in [0.2, 0.25) is 0 Å². The predicted molar refractivity (Wildman–Crippen MR) is 62.6 cm³/mol. The highest BCUT2D eigenvalue weighted by Gasteiger charge is 2.12. The Morgan fingerprint density at radius 2 is 2.19 bits per heavy atom. The van der Waals surface area contributed by atoms with Gasteiger partial charge < -0.3 is 14.4 Å². The molecule has 16 heavy (non-hydrogen) atoms. The molecular formula is C12H16N2O2. The summed E-state index contributed by atoms with van der Waals surface area (Å²) in [5.41, 5.74) is 1.89. The van der Waals surface area contributed by atoms with Gasteiger partial charge in [0.05, 0.1) is 18.1 Å². The number of rotatable bonds is 3. The molecule has 4 nitrogen and oxygen atoms in total. The Morgan fingerprint density at radius 1 is 1.44 bits per heavy atom. The van der Waals surface area contributed by atoms with Crippen LogP contribution < -0.4 is 4.74 Å². The van der Waals surface area contributed by atoms with Crippen molar-refractivity contribution in [2.75, 3.05) is 7.11 Å². The Hall–Kier alpha value is -1.55. The van der Waals surface area contributed by atoms with Crippen LogP contribution >= 0.6 is 0 Å². The minimum Gasteiger partial charge on any atom is -0.497 e. The first kappa shape index (κ1) is 11.0. The molecular weight excluding hydrogens is 204 g/mol. The highest BCUT2D eigenvalue weighted by atomic mass is 16.5. The molecule has 1 heterocycles. The number of hydrogen-bond donors (Lipinski definition) is 1. The monoisotopic (exact) mass is 220 g/mol. The van der Waals surface area contributed by atoms with Gasteiger partial charge in [0.15, 0.2) is 0 Å². The van der Waals surface area contributed by atoms with E-state index in [1.165, 1.54) is 0 Å². The van der Waals surface area contributed by atoms with E-state index >= 15 is 0 Å². The van der Waals surface area contributed by atoms with E-state index in [0.717, 1.165) is 16.8 Å². The lowest BCUT2D eigenvalue weighted by Gasteiger charge is -2.11. The SMILES string of the molecule is COc1ccc2c(c1)nc(CO)n2C(C)C. The number of aromatic nitrogens is 2. The first-order chi connectivity index (χ1) is 7.67. The first-order valence-electron chi connectivity index (χ1n) is 5.33. The number of imidazole rings is 1. The number of methoxy groups -OCH3 is 1. The third-order valence-corrected chi connectivity index (χ3v) is 2.63. The summed E-state index contributed by atoms with van der Waals surface area (Å²) in [6.07, 6.45) is 0. The number of nitrogens with zero attached hydrogens (tertiary/aromatic N) is 2. The molecule has 4 heteroatoms. The number of aliphatic hydroxyl groups excluding tert-OH is 1. The quantitative estimate of drug-likeness (QED) is 0.861. The molecule has 0 atom stereocenters. The summed E-state index contributed by atoms with van der Waals surface area (Å²) in [7, 11) is 1.63. The topological polar surface area (TPSA) is 47.3 Å². The molecule has 0 aliphatic rings. The van der Waals surface area contributed by atoms with Crippen LogP contribution in [0.2, 0.25) is 0 Å². The van der Waals surface area contributed by atoms with Crippen molar-refractivity contribution < 1.29 is 9.84 Å². The highest BCUT2D eigenvalue weighted by molar-refractivity contribution is 5.78. The Morgan fingerprint density at radius 3 is 2.75 bits per heavy atom. The van der Waals surface area contributed by atoms with E-state index in [9.17, 15) is 5.11 Å². The number of benzene rings is 1. The van der Waals surface area contributed by atoms with Gasteiger partial charge >= 0.3 is 0 Å². The molecule has 86 valence electrons. The van der Waals surface area contributed by atoms with Crippen molar-refractivity contribution in [3.05, 3.63) is 24.0 Å². The number of ether oxygens (including phenoxy) is 1. The van der Waals surface area contributed by atoms with Crippen LogP contribution in [0.4, 0.5) is 0 Å². The molecule has 0 radical (unpaired) electrons. The molecule has 0 spiro atoms. The summed E-state index contributed by atoms with van der Waals surface area (Å²) >= 11 is 0. The van der Waals surface area contributed by atoms with Crippen molar-refractivity contribution in [2.24, 2.45) is 0 Å². The van der Waals surface area contributed by atoms with Gasteiger partial charge in [-0.3, -0.25) is 0 Å². The molecule has 0 unspecified atom stereocenters. The molecule has 0 fully saturated rings. The van der Waals surface area contributed by atoms with Gasteiger partial charge in [0, 0.05) is 12.1 Å². The predicted octanol–water partition coefficient (Wildman–Crippen LogP) is 2.12. The lowest BCUT2D eigenvalue weighted by Crippen LogP contribution is -2.05. The summed E-state index contributed by atoms with van der Waals surface area (Å²) in [6, 6.07) is 6.04. The van der Waals surface area contributed by atoms with Crippen molar-refractivity contribution in [3.63, 3.8) is 0 Å². The molecule has 0 bridgehead atoms. The Labute approximate surface area is 94.5 Å². The Kier molecular flexibility index (Phi) is 2.83. The fourth-order valence-corrected chi connectivity index (χ4v) is 1.94. The van der Waals surface area contributed by atoms with Gasteiger partial charge in [-0.15, -0.1) is 0 Å². The Balaban J connectivity index is 2.67. The van der Waals surface area contributed by atoms with Crippen molar-refractivity contribution in [2.45, 2.75) is 26.5 Å². The standard InChI is InChI=1S/C12H16N2O2/c1-8(2)14-11-5-4-9(16-3)6-10(11)13-12(14)7-15/h4-6,8,15H,7H2,1-3H3. The largest absolute Gasteiger partial charge is 0.497 e. The molecule has 1 N–H and O–H groups in total. The Bertz CT molecular complexity index is 503. The molecule has 0 saturated heterocycles. The zero-order valence-electron chi connectivity index (χ0n) is 9.77. The fraction of sp³-hybridized carbons (Fsp3) is 0.417. The average Bonchev–Trinajstić information content (AvgIpc) is 2.65. The third-order valence-electron chi connectivity index (χ3n) is 2.63. The van der Waals surface area contributed by atoms with Crippen molar-refractivity contribution in [1.82, 2.24) is 9.55 Å². The first-order valence-corrected chi connectivity index (χ1v) is 5.33. The van der Waals surface area contributed by atoms with E-state index in [0.29, 0.717) is 5.82 Å². The number of hydrogen-bond acceptors (Lipinski definition) is 3. The van der Waals surface area contributed by atoms with E-state index in [1.807, 2.05) is 22.8 Å². The normalized spacial score (nSPS) is 11.3. The van der Waals surface area contributed by atoms with Gasteiger partial charge in [0.25, 0.3) is 0 Å². The zero-order valence-corrected chi connectivity index (χ0v) is 9.77. The maximum absolute atomic E-state index is 9.28. The van der Waals surface area contributed by atoms with Crippen LogP contribution in [0.25, 0.3) is 11.0 Å². The molecule has 0 aliphatic heterocycles. The molecule has 1 aromatic heterocycles. The van der Waals surface area contributed by atoms with Gasteiger partial charge in [-0.05, 0) is 26.0 Å². The van der Waals surface area contributed by atoms with Crippen molar-refractivity contribution in [1.29, 1.82) is 0 Å². The third kappa shape index (κ3) is 1.65. The van der Waals surface area contributed by atoms with Crippen LogP contribution in [-0.2, 0) is 6.61 Å². The van der Waals surface area contributed by atoms with E-state index in [4.69, 9.17) is 4.74 Å². The zero-order chi connectivity index (χ0) is 11.7. The van der Waals surface area contributed by atoms with E-state index in [2.05, 4.69) is 18.8 Å².